The summed E-state index contributed by atoms with van der Waals surface area (Å²) in [5.41, 5.74) is -0.506. The molecule has 2 saturated carbocycles. The molecule has 3 fully saturated rings. The molecule has 1 aromatic rings. The quantitative estimate of drug-likeness (QED) is 0.843. The third-order valence-corrected chi connectivity index (χ3v) is 6.50. The fraction of sp³-hybridized carbons (Fsp3) is 0.684. The van der Waals surface area contributed by atoms with Gasteiger partial charge < -0.3 is 4.90 Å². The molecular weight excluding hydrogens is 314 g/mol. The van der Waals surface area contributed by atoms with Crippen molar-refractivity contribution in [2.45, 2.75) is 44.6 Å². The molecule has 0 N–H and O–H groups in total. The first-order valence-corrected chi connectivity index (χ1v) is 9.64. The van der Waals surface area contributed by atoms with Crippen LogP contribution >= 0.6 is 0 Å². The van der Waals surface area contributed by atoms with Gasteiger partial charge in [0.2, 0.25) is 5.95 Å². The molecule has 0 unspecified atom stereocenters. The molecule has 25 heavy (non-hydrogen) atoms. The maximum Gasteiger partial charge on any atom is 0.256 e. The van der Waals surface area contributed by atoms with Crippen LogP contribution in [0, 0.1) is 17.8 Å². The van der Waals surface area contributed by atoms with Crippen LogP contribution in [-0.2, 0) is 4.79 Å². The number of anilines is 1. The van der Waals surface area contributed by atoms with E-state index in [1.165, 1.54) is 12.8 Å². The van der Waals surface area contributed by atoms with Gasteiger partial charge in [0.1, 0.15) is 11.4 Å². The Morgan fingerprint density at radius 1 is 1.20 bits per heavy atom. The van der Waals surface area contributed by atoms with Crippen molar-refractivity contribution in [1.82, 2.24) is 14.9 Å². The summed E-state index contributed by atoms with van der Waals surface area (Å²) in [6.07, 6.45) is 8.95. The van der Waals surface area contributed by atoms with Crippen molar-refractivity contribution in [2.24, 2.45) is 22.7 Å². The van der Waals surface area contributed by atoms with Crippen molar-refractivity contribution in [3.63, 3.8) is 0 Å². The van der Waals surface area contributed by atoms with Gasteiger partial charge in [-0.15, -0.1) is 0 Å². The molecule has 1 aromatic heterocycles. The highest BCUT2D eigenvalue weighted by Gasteiger charge is 2.61. The second-order valence-electron chi connectivity index (χ2n) is 8.02. The molecule has 4 aliphatic rings. The summed E-state index contributed by atoms with van der Waals surface area (Å²) in [7, 11) is 0. The maximum absolute atomic E-state index is 13.4. The Labute approximate surface area is 148 Å². The van der Waals surface area contributed by atoms with Crippen molar-refractivity contribution < 1.29 is 4.79 Å². The first-order chi connectivity index (χ1) is 12.2. The van der Waals surface area contributed by atoms with Gasteiger partial charge in [-0.1, -0.05) is 6.92 Å². The van der Waals surface area contributed by atoms with Crippen LogP contribution in [0.1, 0.15) is 39.0 Å². The van der Waals surface area contributed by atoms with E-state index >= 15 is 0 Å². The van der Waals surface area contributed by atoms with Crippen molar-refractivity contribution in [1.29, 1.82) is 0 Å². The minimum absolute atomic E-state index is 0.277. The number of amides is 1. The number of amidine groups is 1. The molecule has 3 heterocycles. The van der Waals surface area contributed by atoms with Gasteiger partial charge in [-0.3, -0.25) is 14.7 Å². The molecule has 1 saturated heterocycles. The summed E-state index contributed by atoms with van der Waals surface area (Å²) >= 11 is 0. The van der Waals surface area contributed by atoms with E-state index in [0.29, 0.717) is 17.8 Å². The van der Waals surface area contributed by atoms with Gasteiger partial charge in [0, 0.05) is 44.4 Å². The fourth-order valence-electron chi connectivity index (χ4n) is 5.02. The lowest BCUT2D eigenvalue weighted by molar-refractivity contribution is -0.132. The zero-order valence-corrected chi connectivity index (χ0v) is 14.8. The second kappa shape index (κ2) is 5.51. The van der Waals surface area contributed by atoms with E-state index in [9.17, 15) is 4.79 Å². The average Bonchev–Trinajstić information content (AvgIpc) is 3.16. The van der Waals surface area contributed by atoms with Crippen LogP contribution in [0.25, 0.3) is 0 Å². The number of fused-ring (bicyclic) bond motifs is 2. The van der Waals surface area contributed by atoms with E-state index in [1.807, 2.05) is 11.0 Å². The lowest BCUT2D eigenvalue weighted by Gasteiger charge is -2.28. The summed E-state index contributed by atoms with van der Waals surface area (Å²) in [4.78, 5) is 31.6. The third kappa shape index (κ3) is 2.29. The second-order valence-corrected chi connectivity index (χ2v) is 8.02. The molecule has 0 bridgehead atoms. The highest BCUT2D eigenvalue weighted by molar-refractivity contribution is 6.08. The molecule has 6 heteroatoms. The fourth-order valence-corrected chi connectivity index (χ4v) is 5.02. The predicted octanol–water partition coefficient (Wildman–Crippen LogP) is 2.12. The van der Waals surface area contributed by atoms with Crippen LogP contribution in [-0.4, -0.2) is 51.8 Å². The monoisotopic (exact) mass is 339 g/mol. The molecule has 2 aliphatic carbocycles. The number of hydrogen-bond donors (Lipinski definition) is 0. The number of carbonyl (C=O) groups is 1. The summed E-state index contributed by atoms with van der Waals surface area (Å²) in [5.74, 6) is 3.61. The topological polar surface area (TPSA) is 61.7 Å². The van der Waals surface area contributed by atoms with Gasteiger partial charge in [0.05, 0.1) is 0 Å². The largest absolute Gasteiger partial charge is 0.340 e. The Hall–Kier alpha value is -1.98. The molecule has 3 atom stereocenters. The van der Waals surface area contributed by atoms with Crippen LogP contribution in [0.2, 0.25) is 0 Å². The zero-order chi connectivity index (χ0) is 17.0. The standard InChI is InChI=1S/C19H25N5O/c1-2-16-22-19(17(25)24(16)10-13-4-5-13)7-6-14-11-23(12-15(14)19)18-20-8-3-9-21-18/h3,8-9,13-15H,2,4-7,10-12H2,1H3/t14-,15-,19+/m1/s1. The Morgan fingerprint density at radius 2 is 2.00 bits per heavy atom. The number of aliphatic imine (C=N–C) groups is 1. The van der Waals surface area contributed by atoms with E-state index in [1.54, 1.807) is 12.4 Å². The van der Waals surface area contributed by atoms with Crippen LogP contribution in [0.4, 0.5) is 5.95 Å². The normalized spacial score (nSPS) is 34.1. The maximum atomic E-state index is 13.4. The predicted molar refractivity (Wildman–Crippen MR) is 95.4 cm³/mol. The molecular formula is C19H25N5O. The first kappa shape index (κ1) is 15.3. The Morgan fingerprint density at radius 3 is 2.72 bits per heavy atom. The molecule has 5 rings (SSSR count). The molecule has 0 aromatic carbocycles. The summed E-state index contributed by atoms with van der Waals surface area (Å²) < 4.78 is 0. The van der Waals surface area contributed by atoms with Crippen LogP contribution in [0.5, 0.6) is 0 Å². The van der Waals surface area contributed by atoms with Crippen molar-refractivity contribution >= 4 is 17.7 Å². The molecule has 0 radical (unpaired) electrons. The summed E-state index contributed by atoms with van der Waals surface area (Å²) in [6.45, 7) is 4.80. The summed E-state index contributed by atoms with van der Waals surface area (Å²) in [5, 5.41) is 0. The highest BCUT2D eigenvalue weighted by Crippen LogP contribution is 2.51. The van der Waals surface area contributed by atoms with Gasteiger partial charge in [-0.2, -0.15) is 0 Å². The van der Waals surface area contributed by atoms with Gasteiger partial charge in [0.25, 0.3) is 5.91 Å². The minimum atomic E-state index is -0.506. The summed E-state index contributed by atoms with van der Waals surface area (Å²) in [6, 6.07) is 1.84. The van der Waals surface area contributed by atoms with Crippen molar-refractivity contribution in [3.05, 3.63) is 18.5 Å². The third-order valence-electron chi connectivity index (χ3n) is 6.50. The van der Waals surface area contributed by atoms with E-state index in [-0.39, 0.29) is 5.91 Å². The molecule has 2 aliphatic heterocycles. The van der Waals surface area contributed by atoms with E-state index < -0.39 is 5.54 Å². The highest BCUT2D eigenvalue weighted by atomic mass is 16.2. The van der Waals surface area contributed by atoms with Gasteiger partial charge in [-0.05, 0) is 43.6 Å². The number of rotatable bonds is 4. The number of nitrogens with zero attached hydrogens (tertiary/aromatic N) is 5. The first-order valence-electron chi connectivity index (χ1n) is 9.64. The smallest absolute Gasteiger partial charge is 0.256 e. The van der Waals surface area contributed by atoms with Gasteiger partial charge in [0.15, 0.2) is 0 Å². The van der Waals surface area contributed by atoms with Gasteiger partial charge >= 0.3 is 0 Å². The van der Waals surface area contributed by atoms with E-state index in [4.69, 9.17) is 4.99 Å². The molecule has 6 nitrogen and oxygen atoms in total. The number of carbonyl (C=O) groups excluding carboxylic acids is 1. The van der Waals surface area contributed by atoms with Crippen LogP contribution in [0.3, 0.4) is 0 Å². The van der Waals surface area contributed by atoms with Gasteiger partial charge in [-0.25, -0.2) is 9.97 Å². The molecule has 132 valence electrons. The Kier molecular flexibility index (Phi) is 3.37. The van der Waals surface area contributed by atoms with Crippen LogP contribution in [0.15, 0.2) is 23.5 Å². The average molecular weight is 339 g/mol. The lowest BCUT2D eigenvalue weighted by atomic mass is 9.85. The lowest BCUT2D eigenvalue weighted by Crippen LogP contribution is -2.47. The van der Waals surface area contributed by atoms with Crippen LogP contribution < -0.4 is 4.90 Å². The van der Waals surface area contributed by atoms with E-state index in [0.717, 1.165) is 50.7 Å². The van der Waals surface area contributed by atoms with E-state index in [2.05, 4.69) is 21.8 Å². The zero-order valence-electron chi connectivity index (χ0n) is 14.8. The molecule has 1 amide bonds. The number of aromatic nitrogens is 2. The van der Waals surface area contributed by atoms with Crippen molar-refractivity contribution in [2.75, 3.05) is 24.5 Å². The Balaban J connectivity index is 1.42. The molecule has 1 spiro atoms. The van der Waals surface area contributed by atoms with Crippen molar-refractivity contribution in [3.8, 4) is 0 Å². The number of hydrogen-bond acceptors (Lipinski definition) is 5. The SMILES string of the molecule is CCC1=N[C@]2(CC[C@@H]3CN(c4ncccn4)C[C@H]32)C(=O)N1CC1CC1. The minimum Gasteiger partial charge on any atom is -0.340 e. The Bertz CT molecular complexity index is 716.